The van der Waals surface area contributed by atoms with Gasteiger partial charge in [-0.2, -0.15) is 11.8 Å². The van der Waals surface area contributed by atoms with Gasteiger partial charge in [0.2, 0.25) is 0 Å². The molecule has 0 amide bonds. The maximum atomic E-state index is 13.3. The average molecular weight is 244 g/mol. The van der Waals surface area contributed by atoms with Crippen molar-refractivity contribution < 1.29 is 9.31 Å². The lowest BCUT2D eigenvalue weighted by Gasteiger charge is -2.06. The second-order valence-electron chi connectivity index (χ2n) is 3.19. The van der Waals surface area contributed by atoms with Crippen molar-refractivity contribution in [2.45, 2.75) is 6.42 Å². The van der Waals surface area contributed by atoms with Crippen molar-refractivity contribution in [3.05, 3.63) is 34.1 Å². The summed E-state index contributed by atoms with van der Waals surface area (Å²) in [5.74, 6) is 0.513. The maximum Gasteiger partial charge on any atom is 0.271 e. The number of nitro benzene ring substituents is 1. The zero-order chi connectivity index (χ0) is 12.0. The molecule has 0 aromatic heterocycles. The van der Waals surface area contributed by atoms with Gasteiger partial charge in [0, 0.05) is 18.7 Å². The minimum absolute atomic E-state index is 0.103. The van der Waals surface area contributed by atoms with Gasteiger partial charge in [0.15, 0.2) is 0 Å². The minimum Gasteiger partial charge on any atom is -0.382 e. The lowest BCUT2D eigenvalue weighted by atomic mass is 10.2. The molecule has 0 aliphatic carbocycles. The quantitative estimate of drug-likeness (QED) is 0.475. The normalized spacial score (nSPS) is 10.1. The molecule has 0 atom stereocenters. The second kappa shape index (κ2) is 6.32. The summed E-state index contributed by atoms with van der Waals surface area (Å²) in [6, 6.07) is 3.48. The van der Waals surface area contributed by atoms with Gasteiger partial charge in [-0.15, -0.1) is 0 Å². The number of rotatable bonds is 6. The van der Waals surface area contributed by atoms with Crippen molar-refractivity contribution in [3.63, 3.8) is 0 Å². The van der Waals surface area contributed by atoms with Gasteiger partial charge in [0.1, 0.15) is 5.82 Å². The third-order valence-corrected chi connectivity index (χ3v) is 2.70. The Morgan fingerprint density at radius 1 is 1.56 bits per heavy atom. The monoisotopic (exact) mass is 244 g/mol. The highest BCUT2D eigenvalue weighted by molar-refractivity contribution is 7.98. The van der Waals surface area contributed by atoms with Crippen molar-refractivity contribution in [1.29, 1.82) is 0 Å². The first-order chi connectivity index (χ1) is 7.65. The number of thioether (sulfide) groups is 1. The Morgan fingerprint density at radius 2 is 2.31 bits per heavy atom. The van der Waals surface area contributed by atoms with E-state index in [2.05, 4.69) is 5.32 Å². The van der Waals surface area contributed by atoms with Gasteiger partial charge in [-0.1, -0.05) is 0 Å². The van der Waals surface area contributed by atoms with Crippen molar-refractivity contribution in [2.75, 3.05) is 23.9 Å². The van der Waals surface area contributed by atoms with Crippen LogP contribution in [0, 0.1) is 15.9 Å². The van der Waals surface area contributed by atoms with E-state index in [9.17, 15) is 14.5 Å². The van der Waals surface area contributed by atoms with Crippen LogP contribution in [0.5, 0.6) is 0 Å². The molecule has 0 aliphatic rings. The number of non-ortho nitro benzene ring substituents is 1. The number of halogens is 1. The van der Waals surface area contributed by atoms with Crippen molar-refractivity contribution >= 4 is 23.1 Å². The summed E-state index contributed by atoms with van der Waals surface area (Å²) in [7, 11) is 0. The molecular formula is C10H13FN2O2S. The molecule has 1 aromatic carbocycles. The van der Waals surface area contributed by atoms with Crippen LogP contribution in [0.2, 0.25) is 0 Å². The SMILES string of the molecule is CSCCCNc1cc([N+](=O)[O-])ccc1F. The zero-order valence-corrected chi connectivity index (χ0v) is 9.72. The predicted molar refractivity (Wildman–Crippen MR) is 64.5 cm³/mol. The fourth-order valence-electron chi connectivity index (χ4n) is 1.20. The van der Waals surface area contributed by atoms with Crippen LogP contribution < -0.4 is 5.32 Å². The smallest absolute Gasteiger partial charge is 0.271 e. The number of benzene rings is 1. The van der Waals surface area contributed by atoms with Gasteiger partial charge < -0.3 is 5.32 Å². The Morgan fingerprint density at radius 3 is 2.94 bits per heavy atom. The molecule has 0 radical (unpaired) electrons. The molecule has 1 rings (SSSR count). The number of nitrogens with zero attached hydrogens (tertiary/aromatic N) is 1. The molecule has 16 heavy (non-hydrogen) atoms. The summed E-state index contributed by atoms with van der Waals surface area (Å²) in [4.78, 5) is 9.96. The van der Waals surface area contributed by atoms with Gasteiger partial charge in [-0.25, -0.2) is 4.39 Å². The van der Waals surface area contributed by atoms with Crippen LogP contribution in [0.15, 0.2) is 18.2 Å². The molecule has 0 unspecified atom stereocenters. The third kappa shape index (κ3) is 3.69. The Kier molecular flexibility index (Phi) is 5.04. The van der Waals surface area contributed by atoms with E-state index < -0.39 is 10.7 Å². The van der Waals surface area contributed by atoms with Crippen LogP contribution in [-0.4, -0.2) is 23.5 Å². The first-order valence-electron chi connectivity index (χ1n) is 4.82. The van der Waals surface area contributed by atoms with Crippen LogP contribution in [-0.2, 0) is 0 Å². The Labute approximate surface area is 97.4 Å². The zero-order valence-electron chi connectivity index (χ0n) is 8.90. The molecule has 1 aromatic rings. The molecule has 1 N–H and O–H groups in total. The lowest BCUT2D eigenvalue weighted by molar-refractivity contribution is -0.384. The summed E-state index contributed by atoms with van der Waals surface area (Å²) >= 11 is 1.71. The number of nitro groups is 1. The molecule has 0 fully saturated rings. The van der Waals surface area contributed by atoms with Gasteiger partial charge in [-0.05, 0) is 24.5 Å². The van der Waals surface area contributed by atoms with Crippen molar-refractivity contribution in [1.82, 2.24) is 0 Å². The van der Waals surface area contributed by atoms with Crippen LogP contribution in [0.1, 0.15) is 6.42 Å². The molecule has 0 saturated heterocycles. The molecule has 0 heterocycles. The second-order valence-corrected chi connectivity index (χ2v) is 4.18. The Bertz CT molecular complexity index is 374. The molecule has 88 valence electrons. The minimum atomic E-state index is -0.535. The first kappa shape index (κ1) is 12.8. The average Bonchev–Trinajstić information content (AvgIpc) is 2.26. The summed E-state index contributed by atoms with van der Waals surface area (Å²) in [5.41, 5.74) is 0.0871. The fourth-order valence-corrected chi connectivity index (χ4v) is 1.63. The predicted octanol–water partition coefficient (Wildman–Crippen LogP) is 2.90. The van der Waals surface area contributed by atoms with Crippen LogP contribution in [0.25, 0.3) is 0 Å². The molecule has 6 heteroatoms. The van der Waals surface area contributed by atoms with E-state index in [-0.39, 0.29) is 11.4 Å². The third-order valence-electron chi connectivity index (χ3n) is 2.00. The van der Waals surface area contributed by atoms with E-state index in [1.165, 1.54) is 6.07 Å². The van der Waals surface area contributed by atoms with Gasteiger partial charge in [0.05, 0.1) is 10.6 Å². The molecule has 0 saturated carbocycles. The van der Waals surface area contributed by atoms with E-state index in [0.717, 1.165) is 24.3 Å². The highest BCUT2D eigenvalue weighted by atomic mass is 32.2. The van der Waals surface area contributed by atoms with Gasteiger partial charge in [0.25, 0.3) is 5.69 Å². The topological polar surface area (TPSA) is 55.2 Å². The van der Waals surface area contributed by atoms with E-state index in [4.69, 9.17) is 0 Å². The number of nitrogens with one attached hydrogen (secondary N) is 1. The van der Waals surface area contributed by atoms with Crippen molar-refractivity contribution in [3.8, 4) is 0 Å². The maximum absolute atomic E-state index is 13.3. The number of hydrogen-bond donors (Lipinski definition) is 1. The van der Waals surface area contributed by atoms with E-state index in [0.29, 0.717) is 6.54 Å². The largest absolute Gasteiger partial charge is 0.382 e. The first-order valence-corrected chi connectivity index (χ1v) is 6.21. The standard InChI is InChI=1S/C10H13FN2O2S/c1-16-6-2-5-12-10-7-8(13(14)15)3-4-9(10)11/h3-4,7,12H,2,5-6H2,1H3. The number of hydrogen-bond acceptors (Lipinski definition) is 4. The lowest BCUT2D eigenvalue weighted by Crippen LogP contribution is -2.04. The Balaban J connectivity index is 2.63. The van der Waals surface area contributed by atoms with Crippen molar-refractivity contribution in [2.24, 2.45) is 0 Å². The summed E-state index contributed by atoms with van der Waals surface area (Å²) < 4.78 is 13.3. The molecule has 0 spiro atoms. The fraction of sp³-hybridized carbons (Fsp3) is 0.400. The molecule has 0 bridgehead atoms. The summed E-state index contributed by atoms with van der Waals surface area (Å²) in [6.07, 6.45) is 2.89. The van der Waals surface area contributed by atoms with Crippen LogP contribution in [0.4, 0.5) is 15.8 Å². The van der Waals surface area contributed by atoms with Gasteiger partial charge in [-0.3, -0.25) is 10.1 Å². The van der Waals surface area contributed by atoms with Crippen LogP contribution in [0.3, 0.4) is 0 Å². The number of anilines is 1. The van der Waals surface area contributed by atoms with E-state index in [1.54, 1.807) is 11.8 Å². The highest BCUT2D eigenvalue weighted by Gasteiger charge is 2.09. The van der Waals surface area contributed by atoms with E-state index in [1.807, 2.05) is 6.26 Å². The summed E-state index contributed by atoms with van der Waals surface area (Å²) in [5, 5.41) is 13.3. The Hall–Kier alpha value is -1.30. The van der Waals surface area contributed by atoms with Crippen LogP contribution >= 0.6 is 11.8 Å². The van der Waals surface area contributed by atoms with Gasteiger partial charge >= 0.3 is 0 Å². The molecule has 0 aliphatic heterocycles. The molecule has 4 nitrogen and oxygen atoms in total. The molecular weight excluding hydrogens is 231 g/mol. The summed E-state index contributed by atoms with van der Waals surface area (Å²) in [6.45, 7) is 0.610. The van der Waals surface area contributed by atoms with E-state index >= 15 is 0 Å². The highest BCUT2D eigenvalue weighted by Crippen LogP contribution is 2.21.